The van der Waals surface area contributed by atoms with Crippen LogP contribution in [0.3, 0.4) is 0 Å². The molecule has 0 amide bonds. The lowest BCUT2D eigenvalue weighted by Gasteiger charge is -2.20. The van der Waals surface area contributed by atoms with E-state index in [1.165, 1.54) is 19.2 Å². The highest BCUT2D eigenvalue weighted by molar-refractivity contribution is 5.68. The highest BCUT2D eigenvalue weighted by atomic mass is 19.4. The molecule has 0 bridgehead atoms. The molecule has 37 heavy (non-hydrogen) atoms. The molecule has 196 valence electrons. The summed E-state index contributed by atoms with van der Waals surface area (Å²) >= 11 is 0. The third-order valence-electron chi connectivity index (χ3n) is 6.43. The lowest BCUT2D eigenvalue weighted by molar-refractivity contribution is -0.138. The lowest BCUT2D eigenvalue weighted by atomic mass is 9.98. The number of hydrogen-bond acceptors (Lipinski definition) is 6. The normalized spacial score (nSPS) is 14.8. The van der Waals surface area contributed by atoms with Crippen LogP contribution in [0.15, 0.2) is 48.7 Å². The maximum absolute atomic E-state index is 13.6. The number of carbonyl (C=O) groups is 1. The first-order valence-corrected chi connectivity index (χ1v) is 11.9. The van der Waals surface area contributed by atoms with Gasteiger partial charge in [0.1, 0.15) is 17.1 Å². The van der Waals surface area contributed by atoms with Crippen LogP contribution in [0.25, 0.3) is 11.3 Å². The molecule has 10 heteroatoms. The summed E-state index contributed by atoms with van der Waals surface area (Å²) in [5.74, 6) is 0.676. The minimum Gasteiger partial charge on any atom is -0.497 e. The van der Waals surface area contributed by atoms with Gasteiger partial charge >= 0.3 is 12.1 Å². The summed E-state index contributed by atoms with van der Waals surface area (Å²) in [6.07, 6.45) is -1.40. The number of aryl methyl sites for hydroxylation is 1. The average molecular weight is 516 g/mol. The van der Waals surface area contributed by atoms with E-state index in [2.05, 4.69) is 9.97 Å². The van der Waals surface area contributed by atoms with Gasteiger partial charge in [-0.05, 0) is 72.7 Å². The van der Waals surface area contributed by atoms with Gasteiger partial charge in [-0.15, -0.1) is 0 Å². The van der Waals surface area contributed by atoms with E-state index in [4.69, 9.17) is 14.6 Å². The van der Waals surface area contributed by atoms with E-state index < -0.39 is 17.7 Å². The molecule has 1 aliphatic rings. The molecule has 1 atom stereocenters. The first-order valence-electron chi connectivity index (χ1n) is 11.9. The van der Waals surface area contributed by atoms with Crippen molar-refractivity contribution in [3.05, 3.63) is 65.4 Å². The summed E-state index contributed by atoms with van der Waals surface area (Å²) in [4.78, 5) is 20.9. The van der Waals surface area contributed by atoms with Crippen LogP contribution < -0.4 is 14.4 Å². The number of hydrogen-bond donors (Lipinski definition) is 1. The second-order valence-electron chi connectivity index (χ2n) is 8.98. The lowest BCUT2D eigenvalue weighted by Crippen LogP contribution is -2.23. The molecule has 3 aromatic rings. The summed E-state index contributed by atoms with van der Waals surface area (Å²) in [5.41, 5.74) is 1.41. The molecule has 0 aliphatic heterocycles. The van der Waals surface area contributed by atoms with Gasteiger partial charge in [-0.3, -0.25) is 4.79 Å². The molecular weight excluding hydrogens is 487 g/mol. The Bertz CT molecular complexity index is 1250. The van der Waals surface area contributed by atoms with Gasteiger partial charge in [0.25, 0.3) is 0 Å². The third-order valence-corrected chi connectivity index (χ3v) is 6.43. The second-order valence-corrected chi connectivity index (χ2v) is 8.98. The van der Waals surface area contributed by atoms with E-state index in [0.29, 0.717) is 36.6 Å². The molecule has 1 N–H and O–H groups in total. The number of anilines is 1. The number of carboxylic acid groups (broad SMARTS) is 1. The molecule has 4 rings (SSSR count). The molecular formula is C27H28F3N3O4. The minimum atomic E-state index is -4.59. The first kappa shape index (κ1) is 26.2. The minimum absolute atomic E-state index is 0.0433. The first-order chi connectivity index (χ1) is 17.7. The van der Waals surface area contributed by atoms with Crippen molar-refractivity contribution in [2.75, 3.05) is 32.2 Å². The van der Waals surface area contributed by atoms with Crippen molar-refractivity contribution in [1.29, 1.82) is 0 Å². The van der Waals surface area contributed by atoms with Gasteiger partial charge < -0.3 is 19.5 Å². The van der Waals surface area contributed by atoms with E-state index in [-0.39, 0.29) is 24.0 Å². The molecule has 1 aliphatic carbocycles. The molecule has 1 aromatic heterocycles. The van der Waals surface area contributed by atoms with Crippen LogP contribution in [-0.4, -0.2) is 48.4 Å². The van der Waals surface area contributed by atoms with Crippen LogP contribution in [-0.2, 0) is 17.4 Å². The van der Waals surface area contributed by atoms with Gasteiger partial charge in [-0.25, -0.2) is 9.97 Å². The second kappa shape index (κ2) is 11.1. The Morgan fingerprint density at radius 2 is 1.89 bits per heavy atom. The number of carboxylic acids is 1. The van der Waals surface area contributed by atoms with Crippen LogP contribution in [0.2, 0.25) is 0 Å². The molecule has 0 radical (unpaired) electrons. The zero-order valence-corrected chi connectivity index (χ0v) is 20.6. The molecule has 1 heterocycles. The van der Waals surface area contributed by atoms with E-state index in [0.717, 1.165) is 30.2 Å². The topological polar surface area (TPSA) is 84.8 Å². The fourth-order valence-electron chi connectivity index (χ4n) is 4.52. The smallest absolute Gasteiger partial charge is 0.419 e. The van der Waals surface area contributed by atoms with Crippen LogP contribution in [0.4, 0.5) is 19.1 Å². The summed E-state index contributed by atoms with van der Waals surface area (Å²) < 4.78 is 51.8. The molecule has 0 saturated heterocycles. The van der Waals surface area contributed by atoms with Crippen molar-refractivity contribution in [3.63, 3.8) is 0 Å². The number of rotatable bonds is 10. The number of benzene rings is 2. The third kappa shape index (κ3) is 6.31. The number of aromatic nitrogens is 2. The Labute approximate surface area is 212 Å². The Hall–Kier alpha value is -3.82. The Balaban J connectivity index is 1.38. The van der Waals surface area contributed by atoms with Gasteiger partial charge in [-0.1, -0.05) is 6.07 Å². The summed E-state index contributed by atoms with van der Waals surface area (Å²) in [6.45, 7) is 0.868. The summed E-state index contributed by atoms with van der Waals surface area (Å²) in [6, 6.07) is 12.0. The molecule has 7 nitrogen and oxygen atoms in total. The van der Waals surface area contributed by atoms with E-state index in [9.17, 15) is 18.0 Å². The Kier molecular flexibility index (Phi) is 7.85. The Morgan fingerprint density at radius 3 is 2.57 bits per heavy atom. The van der Waals surface area contributed by atoms with Gasteiger partial charge in [0.2, 0.25) is 5.95 Å². The van der Waals surface area contributed by atoms with Crippen molar-refractivity contribution in [2.45, 2.75) is 37.8 Å². The maximum atomic E-state index is 13.6. The van der Waals surface area contributed by atoms with Gasteiger partial charge in [0.15, 0.2) is 0 Å². The van der Waals surface area contributed by atoms with Crippen molar-refractivity contribution < 1.29 is 32.5 Å². The quantitative estimate of drug-likeness (QED) is 0.353. The zero-order valence-electron chi connectivity index (χ0n) is 20.6. The number of ether oxygens (including phenoxy) is 2. The Morgan fingerprint density at radius 1 is 1.16 bits per heavy atom. The number of methoxy groups -OCH3 is 1. The van der Waals surface area contributed by atoms with E-state index >= 15 is 0 Å². The van der Waals surface area contributed by atoms with E-state index in [1.54, 1.807) is 24.1 Å². The standard InChI is InChI=1S/C27H28F3N3O4/c1-33(12-3-13-37-21-10-11-22-18(14-21)4-5-19(22)15-24(34)35)26-31-16-23(27(28,29)30)25(32-26)17-6-8-20(36-2)9-7-17/h6-11,14,16,19H,3-5,12-13,15H2,1-2H3,(H,34,35)/t19-/m0/s1. The van der Waals surface area contributed by atoms with Gasteiger partial charge in [0, 0.05) is 25.4 Å². The number of nitrogens with zero attached hydrogens (tertiary/aromatic N) is 3. The van der Waals surface area contributed by atoms with Crippen LogP contribution in [0.1, 0.15) is 41.9 Å². The van der Waals surface area contributed by atoms with Crippen molar-refractivity contribution in [1.82, 2.24) is 9.97 Å². The fourth-order valence-corrected chi connectivity index (χ4v) is 4.52. The highest BCUT2D eigenvalue weighted by Gasteiger charge is 2.35. The summed E-state index contributed by atoms with van der Waals surface area (Å²) in [7, 11) is 3.21. The maximum Gasteiger partial charge on any atom is 0.419 e. The van der Waals surface area contributed by atoms with Crippen LogP contribution in [0, 0.1) is 0 Å². The molecule has 0 saturated carbocycles. The monoisotopic (exact) mass is 515 g/mol. The number of aliphatic carboxylic acids is 1. The van der Waals surface area contributed by atoms with Gasteiger partial charge in [0.05, 0.1) is 25.8 Å². The number of fused-ring (bicyclic) bond motifs is 1. The largest absolute Gasteiger partial charge is 0.497 e. The SMILES string of the molecule is COc1ccc(-c2nc(N(C)CCCOc3ccc4c(c3)CC[C@H]4CC(=O)O)ncc2C(F)(F)F)cc1. The molecule has 0 unspecified atom stereocenters. The molecule has 0 fully saturated rings. The van der Waals surface area contributed by atoms with Gasteiger partial charge in [-0.2, -0.15) is 13.2 Å². The van der Waals surface area contributed by atoms with Crippen molar-refractivity contribution in [3.8, 4) is 22.8 Å². The van der Waals surface area contributed by atoms with E-state index in [1.807, 2.05) is 18.2 Å². The average Bonchev–Trinajstić information content (AvgIpc) is 3.26. The fraction of sp³-hybridized carbons (Fsp3) is 0.370. The number of alkyl halides is 3. The van der Waals surface area contributed by atoms with Crippen molar-refractivity contribution in [2.24, 2.45) is 0 Å². The van der Waals surface area contributed by atoms with Crippen LogP contribution >= 0.6 is 0 Å². The predicted octanol–water partition coefficient (Wildman–Crippen LogP) is 5.58. The predicted molar refractivity (Wildman–Crippen MR) is 132 cm³/mol. The molecule has 0 spiro atoms. The van der Waals surface area contributed by atoms with Crippen LogP contribution in [0.5, 0.6) is 11.5 Å². The molecule has 2 aromatic carbocycles. The number of halogens is 3. The highest BCUT2D eigenvalue weighted by Crippen LogP contribution is 2.38. The van der Waals surface area contributed by atoms with Crippen molar-refractivity contribution >= 4 is 11.9 Å². The summed E-state index contributed by atoms with van der Waals surface area (Å²) in [5, 5.41) is 9.07. The zero-order chi connectivity index (χ0) is 26.6.